The Morgan fingerprint density at radius 1 is 0.766 bits per heavy atom. The lowest BCUT2D eigenvalue weighted by molar-refractivity contribution is -0.148. The van der Waals surface area contributed by atoms with Crippen molar-refractivity contribution in [3.05, 3.63) is 120 Å². The van der Waals surface area contributed by atoms with E-state index in [-0.39, 0.29) is 19.4 Å². The third-order valence-corrected chi connectivity index (χ3v) is 6.46. The number of benzene rings is 3. The summed E-state index contributed by atoms with van der Waals surface area (Å²) in [4.78, 5) is 52.7. The number of amides is 3. The number of nitrogens with one attached hydrogen (secondary N) is 3. The van der Waals surface area contributed by atoms with Gasteiger partial charge in [-0.25, -0.2) is 9.59 Å². The number of ether oxygens (including phenoxy) is 3. The van der Waals surface area contributed by atoms with Gasteiger partial charge in [-0.15, -0.1) is 0 Å². The highest BCUT2D eigenvalue weighted by molar-refractivity contribution is 6.00. The Bertz CT molecular complexity index is 1480. The van der Waals surface area contributed by atoms with Gasteiger partial charge in [-0.3, -0.25) is 9.59 Å². The Labute approximate surface area is 272 Å². The summed E-state index contributed by atoms with van der Waals surface area (Å²) in [7, 11) is 0. The van der Waals surface area contributed by atoms with Crippen LogP contribution in [0.25, 0.3) is 0 Å². The van der Waals surface area contributed by atoms with Gasteiger partial charge in [0.25, 0.3) is 5.91 Å². The molecule has 0 saturated carbocycles. The van der Waals surface area contributed by atoms with Crippen molar-refractivity contribution in [1.29, 1.82) is 0 Å². The molecule has 0 aromatic heterocycles. The second-order valence-corrected chi connectivity index (χ2v) is 11.4. The summed E-state index contributed by atoms with van der Waals surface area (Å²) in [5, 5.41) is 7.22. The molecule has 0 spiro atoms. The van der Waals surface area contributed by atoms with E-state index in [9.17, 15) is 28.0 Å². The van der Waals surface area contributed by atoms with Gasteiger partial charge < -0.3 is 30.2 Å². The van der Waals surface area contributed by atoms with E-state index < -0.39 is 53.9 Å². The number of alkyl carbamates (subject to hydrolysis) is 1. The number of aryl methyl sites for hydroxylation is 1. The first kappa shape index (κ1) is 36.2. The zero-order valence-corrected chi connectivity index (χ0v) is 26.4. The lowest BCUT2D eigenvalue weighted by Crippen LogP contribution is -2.51. The molecule has 0 heterocycles. The molecule has 0 radical (unpaired) electrons. The van der Waals surface area contributed by atoms with Crippen LogP contribution in [0.2, 0.25) is 0 Å². The Kier molecular flexibility index (Phi) is 13.9. The first-order valence-electron chi connectivity index (χ1n) is 14.9. The molecule has 0 aliphatic heterocycles. The Balaban J connectivity index is 1.81. The van der Waals surface area contributed by atoms with Crippen molar-refractivity contribution >= 4 is 23.9 Å². The molecule has 0 aliphatic rings. The topological polar surface area (TPSA) is 132 Å². The molecular formula is C35H39F2N3O7. The molecule has 3 rings (SSSR count). The van der Waals surface area contributed by atoms with Gasteiger partial charge in [0, 0.05) is 6.42 Å². The van der Waals surface area contributed by atoms with Crippen molar-refractivity contribution in [2.45, 2.75) is 70.9 Å². The van der Waals surface area contributed by atoms with Gasteiger partial charge in [-0.05, 0) is 50.3 Å². The minimum Gasteiger partial charge on any atom is -0.459 e. The van der Waals surface area contributed by atoms with Gasteiger partial charge in [0.1, 0.15) is 36.3 Å². The van der Waals surface area contributed by atoms with Gasteiger partial charge >= 0.3 is 18.7 Å². The van der Waals surface area contributed by atoms with E-state index in [1.165, 1.54) is 0 Å². The average molecular weight is 652 g/mol. The largest absolute Gasteiger partial charge is 0.459 e. The second kappa shape index (κ2) is 18.0. The van der Waals surface area contributed by atoms with Crippen molar-refractivity contribution in [3.8, 4) is 0 Å². The lowest BCUT2D eigenvalue weighted by atomic mass is 10.0. The molecule has 250 valence electrons. The minimum atomic E-state index is -3.32. The minimum absolute atomic E-state index is 0.00294. The number of hydrogen-bond donors (Lipinski definition) is 3. The second-order valence-electron chi connectivity index (χ2n) is 11.4. The number of esters is 1. The molecule has 3 aromatic rings. The highest BCUT2D eigenvalue weighted by atomic mass is 19.3. The van der Waals surface area contributed by atoms with E-state index in [4.69, 9.17) is 9.47 Å². The zero-order valence-electron chi connectivity index (χ0n) is 26.4. The van der Waals surface area contributed by atoms with E-state index in [0.717, 1.165) is 5.56 Å². The van der Waals surface area contributed by atoms with Crippen LogP contribution in [0.1, 0.15) is 43.9 Å². The molecule has 3 amide bonds. The maximum Gasteiger partial charge on any atom is 0.408 e. The number of hydrogen-bond acceptors (Lipinski definition) is 7. The highest BCUT2D eigenvalue weighted by Gasteiger charge is 2.29. The van der Waals surface area contributed by atoms with Gasteiger partial charge in [-0.1, -0.05) is 91.0 Å². The van der Waals surface area contributed by atoms with Crippen LogP contribution in [0, 0.1) is 0 Å². The quantitative estimate of drug-likeness (QED) is 0.117. The van der Waals surface area contributed by atoms with Gasteiger partial charge in [0.2, 0.25) is 5.91 Å². The molecule has 3 aromatic carbocycles. The molecule has 0 saturated heterocycles. The Morgan fingerprint density at radius 3 is 1.87 bits per heavy atom. The van der Waals surface area contributed by atoms with Crippen LogP contribution in [-0.2, 0) is 48.0 Å². The summed E-state index contributed by atoms with van der Waals surface area (Å²) < 4.78 is 41.1. The van der Waals surface area contributed by atoms with E-state index in [1.807, 2.05) is 36.4 Å². The first-order chi connectivity index (χ1) is 22.4. The highest BCUT2D eigenvalue weighted by Crippen LogP contribution is 2.12. The van der Waals surface area contributed by atoms with Crippen LogP contribution >= 0.6 is 0 Å². The van der Waals surface area contributed by atoms with Crippen molar-refractivity contribution in [1.82, 2.24) is 16.0 Å². The van der Waals surface area contributed by atoms with Crippen molar-refractivity contribution in [3.63, 3.8) is 0 Å². The van der Waals surface area contributed by atoms with Crippen molar-refractivity contribution in [2.24, 2.45) is 0 Å². The van der Waals surface area contributed by atoms with Gasteiger partial charge in [0.05, 0.1) is 0 Å². The van der Waals surface area contributed by atoms with E-state index in [2.05, 4.69) is 20.7 Å². The van der Waals surface area contributed by atoms with Crippen molar-refractivity contribution < 1.29 is 42.2 Å². The fourth-order valence-corrected chi connectivity index (χ4v) is 4.26. The normalized spacial score (nSPS) is 12.8. The maximum absolute atomic E-state index is 13.5. The summed E-state index contributed by atoms with van der Waals surface area (Å²) in [6.45, 7) is 1.55. The molecule has 0 unspecified atom stereocenters. The summed E-state index contributed by atoms with van der Waals surface area (Å²) in [5.74, 6) is -2.80. The lowest BCUT2D eigenvalue weighted by Gasteiger charge is -2.24. The number of alkyl halides is 2. The predicted molar refractivity (Wildman–Crippen MR) is 170 cm³/mol. The SMILES string of the molecule is CC(C)(C)OC(=O)N[C@@H](CCc1ccccc1)C(=O)N/C(=C/OC(F)F)C(=O)N[C@@H](Cc1ccccc1)C(=O)OCc1ccccc1. The number of halogens is 2. The molecule has 47 heavy (non-hydrogen) atoms. The monoisotopic (exact) mass is 651 g/mol. The molecule has 2 atom stereocenters. The van der Waals surface area contributed by atoms with Gasteiger partial charge in [-0.2, -0.15) is 8.78 Å². The van der Waals surface area contributed by atoms with Crippen LogP contribution in [0.5, 0.6) is 0 Å². The summed E-state index contributed by atoms with van der Waals surface area (Å²) in [6.07, 6.45) is -0.0956. The van der Waals surface area contributed by atoms with Crippen molar-refractivity contribution in [2.75, 3.05) is 0 Å². The number of rotatable bonds is 15. The predicted octanol–water partition coefficient (Wildman–Crippen LogP) is 5.18. The smallest absolute Gasteiger partial charge is 0.408 e. The Hall–Kier alpha value is -5.26. The maximum atomic E-state index is 13.5. The number of carbonyl (C=O) groups excluding carboxylic acids is 4. The standard InChI is InChI=1S/C35H39F2N3O7/c1-35(2,3)47-34(44)40-27(20-19-24-13-7-4-8-14-24)30(41)39-29(23-46-33(36)37)31(42)38-28(21-25-15-9-5-10-16-25)32(43)45-22-26-17-11-6-12-18-26/h4-18,23,27-28,33H,19-22H2,1-3H3,(H,38,42)(H,39,41)(H,40,44)/b29-23+/t27-,28-/m0/s1. The average Bonchev–Trinajstić information content (AvgIpc) is 3.03. The van der Waals surface area contributed by atoms with Crippen LogP contribution in [0.3, 0.4) is 0 Å². The van der Waals surface area contributed by atoms with Crippen LogP contribution < -0.4 is 16.0 Å². The molecule has 3 N–H and O–H groups in total. The van der Waals surface area contributed by atoms with Gasteiger partial charge in [0.15, 0.2) is 0 Å². The molecule has 0 bridgehead atoms. The molecule has 0 fully saturated rings. The van der Waals surface area contributed by atoms with E-state index in [1.54, 1.807) is 75.4 Å². The Morgan fingerprint density at radius 2 is 1.32 bits per heavy atom. The summed E-state index contributed by atoms with van der Waals surface area (Å²) in [5.41, 5.74) is 0.658. The van der Waals surface area contributed by atoms with E-state index >= 15 is 0 Å². The third kappa shape index (κ3) is 13.7. The summed E-state index contributed by atoms with van der Waals surface area (Å²) in [6, 6.07) is 24.2. The van der Waals surface area contributed by atoms with Crippen LogP contribution in [0.15, 0.2) is 103 Å². The molecule has 0 aliphatic carbocycles. The number of carbonyl (C=O) groups is 4. The first-order valence-corrected chi connectivity index (χ1v) is 14.9. The van der Waals surface area contributed by atoms with Crippen LogP contribution in [-0.4, -0.2) is 48.2 Å². The zero-order chi connectivity index (χ0) is 34.2. The fraction of sp³-hybridized carbons (Fsp3) is 0.314. The fourth-order valence-electron chi connectivity index (χ4n) is 4.26. The molecule has 12 heteroatoms. The molecule has 10 nitrogen and oxygen atoms in total. The van der Waals surface area contributed by atoms with E-state index in [0.29, 0.717) is 23.8 Å². The summed E-state index contributed by atoms with van der Waals surface area (Å²) >= 11 is 0. The third-order valence-electron chi connectivity index (χ3n) is 6.46. The molecular weight excluding hydrogens is 612 g/mol. The van der Waals surface area contributed by atoms with Crippen LogP contribution in [0.4, 0.5) is 13.6 Å².